The number of thiophene rings is 2. The van der Waals surface area contributed by atoms with Gasteiger partial charge in [0.05, 0.1) is 20.6 Å². The minimum absolute atomic E-state index is 0.00969. The Morgan fingerprint density at radius 1 is 1.28 bits per heavy atom. The molecule has 166 valence electrons. The van der Waals surface area contributed by atoms with Gasteiger partial charge in [0.15, 0.2) is 17.0 Å². The van der Waals surface area contributed by atoms with Gasteiger partial charge in [0.2, 0.25) is 0 Å². The van der Waals surface area contributed by atoms with Gasteiger partial charge in [-0.05, 0) is 52.9 Å². The molecule has 0 aliphatic carbocycles. The van der Waals surface area contributed by atoms with E-state index in [1.54, 1.807) is 31.4 Å². The van der Waals surface area contributed by atoms with Crippen LogP contribution in [0.1, 0.15) is 37.0 Å². The number of anilines is 1. The Hall–Kier alpha value is -2.77. The Kier molecular flexibility index (Phi) is 5.59. The van der Waals surface area contributed by atoms with Crippen molar-refractivity contribution in [3.63, 3.8) is 0 Å². The molecule has 0 spiro atoms. The fraction of sp³-hybridized carbons (Fsp3) is 0.158. The highest BCUT2D eigenvalue weighted by atomic mass is 79.9. The minimum atomic E-state index is -4.74. The zero-order chi connectivity index (χ0) is 23.4. The van der Waals surface area contributed by atoms with E-state index in [4.69, 9.17) is 5.73 Å². The molecule has 0 fully saturated rings. The maximum absolute atomic E-state index is 13.8. The number of nitrogens with zero attached hydrogens (tertiary/aromatic N) is 3. The third-order valence-corrected chi connectivity index (χ3v) is 7.42. The van der Waals surface area contributed by atoms with Crippen LogP contribution in [0.15, 0.2) is 28.1 Å². The Labute approximate surface area is 195 Å². The number of alkyl halides is 3. The number of amides is 2. The van der Waals surface area contributed by atoms with E-state index in [2.05, 4.69) is 31.3 Å². The van der Waals surface area contributed by atoms with Crippen molar-refractivity contribution in [1.29, 1.82) is 0 Å². The van der Waals surface area contributed by atoms with Crippen molar-refractivity contribution in [1.82, 2.24) is 14.6 Å². The number of primary amides is 1. The van der Waals surface area contributed by atoms with Gasteiger partial charge in [0.1, 0.15) is 5.00 Å². The molecular formula is C19H13BrF3N5O2S2. The lowest BCUT2D eigenvalue weighted by atomic mass is 10.1. The summed E-state index contributed by atoms with van der Waals surface area (Å²) in [5, 5.41) is 8.33. The van der Waals surface area contributed by atoms with E-state index in [9.17, 15) is 22.8 Å². The van der Waals surface area contributed by atoms with Gasteiger partial charge in [0, 0.05) is 4.88 Å². The number of hydrogen-bond acceptors (Lipinski definition) is 6. The first-order chi connectivity index (χ1) is 15.0. The van der Waals surface area contributed by atoms with E-state index in [0.29, 0.717) is 15.0 Å². The van der Waals surface area contributed by atoms with Crippen molar-refractivity contribution in [3.05, 3.63) is 55.4 Å². The van der Waals surface area contributed by atoms with Crippen LogP contribution in [0, 0.1) is 13.8 Å². The Morgan fingerprint density at radius 2 is 2.00 bits per heavy atom. The molecule has 0 aliphatic heterocycles. The highest BCUT2D eigenvalue weighted by Gasteiger charge is 2.37. The summed E-state index contributed by atoms with van der Waals surface area (Å²) in [5.74, 6) is -1.53. The number of nitrogens with two attached hydrogens (primary N) is 1. The van der Waals surface area contributed by atoms with Crippen molar-refractivity contribution >= 4 is 61.1 Å². The molecule has 0 saturated carbocycles. The quantitative estimate of drug-likeness (QED) is 0.366. The minimum Gasteiger partial charge on any atom is -0.365 e. The van der Waals surface area contributed by atoms with Crippen LogP contribution in [0.5, 0.6) is 0 Å². The molecule has 0 bridgehead atoms. The summed E-state index contributed by atoms with van der Waals surface area (Å²) in [5.41, 5.74) is 4.73. The molecule has 3 N–H and O–H groups in total. The maximum atomic E-state index is 13.8. The topological polar surface area (TPSA) is 102 Å². The Balaban J connectivity index is 1.84. The predicted octanol–water partition coefficient (Wildman–Crippen LogP) is 5.27. The first-order valence-electron chi connectivity index (χ1n) is 8.90. The summed E-state index contributed by atoms with van der Waals surface area (Å²) in [6.45, 7) is 3.45. The molecule has 4 aromatic rings. The number of nitrogens with one attached hydrogen (secondary N) is 1. The van der Waals surface area contributed by atoms with Crippen molar-refractivity contribution in [2.24, 2.45) is 5.73 Å². The Bertz CT molecular complexity index is 1380. The van der Waals surface area contributed by atoms with E-state index < -0.39 is 23.7 Å². The highest BCUT2D eigenvalue weighted by Crippen LogP contribution is 2.36. The molecule has 7 nitrogen and oxygen atoms in total. The summed E-state index contributed by atoms with van der Waals surface area (Å²) in [7, 11) is 0. The molecular weight excluding hydrogens is 531 g/mol. The van der Waals surface area contributed by atoms with Crippen LogP contribution >= 0.6 is 38.6 Å². The van der Waals surface area contributed by atoms with E-state index in [-0.39, 0.29) is 32.1 Å². The van der Waals surface area contributed by atoms with E-state index in [1.165, 1.54) is 11.3 Å². The molecule has 0 aromatic carbocycles. The van der Waals surface area contributed by atoms with Crippen LogP contribution in [0.4, 0.5) is 18.2 Å². The molecule has 0 unspecified atom stereocenters. The fourth-order valence-electron chi connectivity index (χ4n) is 3.06. The lowest BCUT2D eigenvalue weighted by molar-refractivity contribution is -0.142. The number of fused-ring (bicyclic) bond motifs is 1. The number of hydrogen-bond donors (Lipinski definition) is 2. The standard InChI is InChI=1S/C19H13BrF3N5O2S2/c1-7-8(2)32-18(12(7)15(24)29)26-17(30)14-13(20)16-25-9(10-4-3-5-31-10)6-11(19(21,22)23)28(16)27-14/h3-6H,1-2H3,(H2,24,29)(H,26,30). The molecule has 0 saturated heterocycles. The summed E-state index contributed by atoms with van der Waals surface area (Å²) < 4.78 is 41.9. The maximum Gasteiger partial charge on any atom is 0.433 e. The van der Waals surface area contributed by atoms with Crippen LogP contribution in [-0.2, 0) is 6.18 Å². The SMILES string of the molecule is Cc1sc(NC(=O)c2nn3c(C(F)(F)F)cc(-c4cccs4)nc3c2Br)c(C(N)=O)c1C. The molecule has 0 atom stereocenters. The average Bonchev–Trinajstić information content (AvgIpc) is 3.40. The van der Waals surface area contributed by atoms with Crippen molar-refractivity contribution in [2.75, 3.05) is 5.32 Å². The van der Waals surface area contributed by atoms with Gasteiger partial charge >= 0.3 is 6.18 Å². The van der Waals surface area contributed by atoms with Crippen LogP contribution < -0.4 is 11.1 Å². The average molecular weight is 544 g/mol. The van der Waals surface area contributed by atoms with E-state index >= 15 is 0 Å². The third kappa shape index (κ3) is 3.80. The van der Waals surface area contributed by atoms with Crippen molar-refractivity contribution in [3.8, 4) is 10.6 Å². The molecule has 0 radical (unpaired) electrons. The van der Waals surface area contributed by atoms with Gasteiger partial charge in [-0.2, -0.15) is 18.3 Å². The van der Waals surface area contributed by atoms with Crippen LogP contribution in [0.25, 0.3) is 16.2 Å². The lowest BCUT2D eigenvalue weighted by Gasteiger charge is -2.10. The number of halogens is 4. The summed E-state index contributed by atoms with van der Waals surface area (Å²) >= 11 is 5.54. The molecule has 4 aromatic heterocycles. The zero-order valence-corrected chi connectivity index (χ0v) is 19.6. The molecule has 2 amide bonds. The molecule has 0 aliphatic rings. The molecule has 13 heteroatoms. The molecule has 4 rings (SSSR count). The number of carbonyl (C=O) groups excluding carboxylic acids is 2. The summed E-state index contributed by atoms with van der Waals surface area (Å²) in [6.07, 6.45) is -4.74. The van der Waals surface area contributed by atoms with Crippen molar-refractivity contribution < 1.29 is 22.8 Å². The summed E-state index contributed by atoms with van der Waals surface area (Å²) in [4.78, 5) is 30.3. The van der Waals surface area contributed by atoms with Gasteiger partial charge < -0.3 is 11.1 Å². The number of aryl methyl sites for hydroxylation is 1. The van der Waals surface area contributed by atoms with Gasteiger partial charge in [-0.1, -0.05) is 6.07 Å². The first-order valence-corrected chi connectivity index (χ1v) is 11.4. The smallest absolute Gasteiger partial charge is 0.365 e. The van der Waals surface area contributed by atoms with Crippen LogP contribution in [0.2, 0.25) is 0 Å². The zero-order valence-electron chi connectivity index (χ0n) is 16.4. The van der Waals surface area contributed by atoms with E-state index in [1.807, 2.05) is 0 Å². The first kappa shape index (κ1) is 22.4. The fourth-order valence-corrected chi connectivity index (χ4v) is 5.33. The normalized spacial score (nSPS) is 11.8. The second-order valence-electron chi connectivity index (χ2n) is 6.71. The van der Waals surface area contributed by atoms with E-state index in [0.717, 1.165) is 22.3 Å². The lowest BCUT2D eigenvalue weighted by Crippen LogP contribution is -2.18. The number of rotatable bonds is 4. The number of carbonyl (C=O) groups is 2. The summed E-state index contributed by atoms with van der Waals surface area (Å²) in [6, 6.07) is 4.23. The second kappa shape index (κ2) is 7.98. The van der Waals surface area contributed by atoms with Gasteiger partial charge in [-0.3, -0.25) is 9.59 Å². The van der Waals surface area contributed by atoms with Crippen LogP contribution in [0.3, 0.4) is 0 Å². The monoisotopic (exact) mass is 543 g/mol. The predicted molar refractivity (Wildman–Crippen MR) is 119 cm³/mol. The van der Waals surface area contributed by atoms with Gasteiger partial charge in [-0.25, -0.2) is 9.50 Å². The molecule has 4 heterocycles. The van der Waals surface area contributed by atoms with Gasteiger partial charge in [0.25, 0.3) is 11.8 Å². The highest BCUT2D eigenvalue weighted by molar-refractivity contribution is 9.10. The van der Waals surface area contributed by atoms with Crippen molar-refractivity contribution in [2.45, 2.75) is 20.0 Å². The largest absolute Gasteiger partial charge is 0.433 e. The number of aromatic nitrogens is 3. The molecule has 32 heavy (non-hydrogen) atoms. The third-order valence-electron chi connectivity index (χ3n) is 4.67. The Morgan fingerprint density at radius 3 is 2.59 bits per heavy atom. The second-order valence-corrected chi connectivity index (χ2v) is 9.67. The van der Waals surface area contributed by atoms with Gasteiger partial charge in [-0.15, -0.1) is 22.7 Å². The van der Waals surface area contributed by atoms with Crippen LogP contribution in [-0.4, -0.2) is 26.4 Å².